The fraction of sp³-hybridized carbons (Fsp3) is 0.136. The van der Waals surface area contributed by atoms with Crippen molar-refractivity contribution in [2.45, 2.75) is 19.8 Å². The second kappa shape index (κ2) is 8.19. The Morgan fingerprint density at radius 1 is 1.11 bits per heavy atom. The third kappa shape index (κ3) is 4.02. The van der Waals surface area contributed by atoms with E-state index in [1.54, 1.807) is 23.3 Å². The van der Waals surface area contributed by atoms with Gasteiger partial charge in [0.2, 0.25) is 4.80 Å². The molecule has 0 amide bonds. The van der Waals surface area contributed by atoms with Gasteiger partial charge in [-0.1, -0.05) is 38.1 Å². The topological polar surface area (TPSA) is 55.7 Å². The number of furan rings is 1. The van der Waals surface area contributed by atoms with Gasteiger partial charge in [0.1, 0.15) is 5.69 Å². The molecule has 0 saturated heterocycles. The van der Waals surface area contributed by atoms with Gasteiger partial charge in [0.25, 0.3) is 0 Å². The minimum Gasteiger partial charge on any atom is -0.463 e. The highest BCUT2D eigenvalue weighted by Gasteiger charge is 2.10. The maximum absolute atomic E-state index is 5.58. The van der Waals surface area contributed by atoms with Gasteiger partial charge in [0.15, 0.2) is 5.76 Å². The van der Waals surface area contributed by atoms with Crippen LogP contribution in [-0.4, -0.2) is 15.9 Å². The quantitative estimate of drug-likeness (QED) is 0.427. The Balaban J connectivity index is 1.75. The Hall–Kier alpha value is -3.25. The molecule has 6 heteroatoms. The van der Waals surface area contributed by atoms with Crippen molar-refractivity contribution in [3.63, 3.8) is 0 Å². The molecule has 0 bridgehead atoms. The molecule has 0 unspecified atom stereocenters. The van der Waals surface area contributed by atoms with Crippen LogP contribution in [0.1, 0.15) is 30.9 Å². The first-order chi connectivity index (χ1) is 13.7. The van der Waals surface area contributed by atoms with Crippen LogP contribution < -0.4 is 4.80 Å². The van der Waals surface area contributed by atoms with E-state index in [2.05, 4.69) is 48.1 Å². The van der Waals surface area contributed by atoms with E-state index in [1.807, 2.05) is 35.9 Å². The fourth-order valence-corrected chi connectivity index (χ4v) is 3.54. The van der Waals surface area contributed by atoms with Crippen LogP contribution in [0.4, 0.5) is 5.69 Å². The van der Waals surface area contributed by atoms with E-state index in [9.17, 15) is 0 Å². The lowest BCUT2D eigenvalue weighted by Gasteiger charge is -2.05. The van der Waals surface area contributed by atoms with Crippen molar-refractivity contribution >= 4 is 23.2 Å². The van der Waals surface area contributed by atoms with Crippen LogP contribution in [0.3, 0.4) is 0 Å². The summed E-state index contributed by atoms with van der Waals surface area (Å²) in [5, 5.41) is 6.68. The number of benzene rings is 1. The van der Waals surface area contributed by atoms with Crippen molar-refractivity contribution in [2.24, 2.45) is 10.1 Å². The molecule has 4 rings (SSSR count). The SMILES string of the molecule is CC(C)c1ccc(C=Nn2c(-c3ccco3)csc2=Nc2cccnc2)cc1. The Morgan fingerprint density at radius 3 is 2.64 bits per heavy atom. The summed E-state index contributed by atoms with van der Waals surface area (Å²) in [4.78, 5) is 9.56. The molecule has 1 aromatic carbocycles. The number of pyridine rings is 1. The van der Waals surface area contributed by atoms with Gasteiger partial charge in [-0.15, -0.1) is 11.3 Å². The first kappa shape index (κ1) is 18.1. The molecule has 3 aromatic heterocycles. The van der Waals surface area contributed by atoms with E-state index in [0.717, 1.165) is 27.5 Å². The molecule has 0 fully saturated rings. The van der Waals surface area contributed by atoms with Gasteiger partial charge in [-0.3, -0.25) is 4.98 Å². The van der Waals surface area contributed by atoms with E-state index >= 15 is 0 Å². The van der Waals surface area contributed by atoms with Crippen LogP contribution in [0.5, 0.6) is 0 Å². The summed E-state index contributed by atoms with van der Waals surface area (Å²) in [5.41, 5.74) is 3.97. The van der Waals surface area contributed by atoms with Crippen LogP contribution in [0.2, 0.25) is 0 Å². The molecule has 0 aliphatic rings. The Labute approximate surface area is 167 Å². The molecule has 28 heavy (non-hydrogen) atoms. The number of rotatable bonds is 5. The summed E-state index contributed by atoms with van der Waals surface area (Å²) in [6.07, 6.45) is 6.95. The molecule has 0 aliphatic heterocycles. The lowest BCUT2D eigenvalue weighted by atomic mass is 10.0. The minimum atomic E-state index is 0.507. The van der Waals surface area contributed by atoms with Crippen molar-refractivity contribution in [3.05, 3.63) is 88.5 Å². The molecule has 0 saturated carbocycles. The highest BCUT2D eigenvalue weighted by atomic mass is 32.1. The Bertz CT molecular complexity index is 1120. The second-order valence-corrected chi connectivity index (χ2v) is 7.42. The van der Waals surface area contributed by atoms with Gasteiger partial charge in [-0.25, -0.2) is 9.67 Å². The average Bonchev–Trinajstić information content (AvgIpc) is 3.37. The van der Waals surface area contributed by atoms with E-state index in [-0.39, 0.29) is 0 Å². The molecular formula is C22H20N4OS. The molecule has 0 aliphatic carbocycles. The third-order valence-electron chi connectivity index (χ3n) is 4.26. The van der Waals surface area contributed by atoms with Crippen molar-refractivity contribution in [1.29, 1.82) is 0 Å². The smallest absolute Gasteiger partial charge is 0.211 e. The van der Waals surface area contributed by atoms with Crippen molar-refractivity contribution < 1.29 is 4.42 Å². The zero-order chi connectivity index (χ0) is 19.3. The van der Waals surface area contributed by atoms with Crippen LogP contribution in [0.25, 0.3) is 11.5 Å². The summed E-state index contributed by atoms with van der Waals surface area (Å²) >= 11 is 1.51. The van der Waals surface area contributed by atoms with E-state index < -0.39 is 0 Å². The molecule has 3 heterocycles. The summed E-state index contributed by atoms with van der Waals surface area (Å²) in [6.45, 7) is 4.37. The van der Waals surface area contributed by atoms with Gasteiger partial charge in [0, 0.05) is 11.6 Å². The largest absolute Gasteiger partial charge is 0.463 e. The predicted octanol–water partition coefficient (Wildman–Crippen LogP) is 5.44. The standard InChI is InChI=1S/C22H20N4OS/c1-16(2)18-9-7-17(8-10-18)13-24-26-20(21-6-4-12-27-21)15-28-22(26)25-19-5-3-11-23-14-19/h3-16H,1-2H3. The number of thiazole rings is 1. The average molecular weight is 388 g/mol. The predicted molar refractivity (Wildman–Crippen MR) is 113 cm³/mol. The van der Waals surface area contributed by atoms with Crippen molar-refractivity contribution in [2.75, 3.05) is 0 Å². The van der Waals surface area contributed by atoms with Crippen LogP contribution in [-0.2, 0) is 0 Å². The Kier molecular flexibility index (Phi) is 5.30. The highest BCUT2D eigenvalue weighted by molar-refractivity contribution is 7.07. The van der Waals surface area contributed by atoms with E-state index in [1.165, 1.54) is 16.9 Å². The summed E-state index contributed by atoms with van der Waals surface area (Å²) < 4.78 is 7.37. The van der Waals surface area contributed by atoms with E-state index in [4.69, 9.17) is 9.52 Å². The zero-order valence-corrected chi connectivity index (χ0v) is 16.5. The Morgan fingerprint density at radius 2 is 1.96 bits per heavy atom. The third-order valence-corrected chi connectivity index (χ3v) is 5.07. The molecule has 5 nitrogen and oxygen atoms in total. The molecule has 4 aromatic rings. The molecule has 0 spiro atoms. The number of hydrogen-bond acceptors (Lipinski definition) is 5. The van der Waals surface area contributed by atoms with Crippen LogP contribution in [0, 0.1) is 0 Å². The molecule has 0 atom stereocenters. The maximum Gasteiger partial charge on any atom is 0.211 e. The highest BCUT2D eigenvalue weighted by Crippen LogP contribution is 2.21. The van der Waals surface area contributed by atoms with Gasteiger partial charge in [-0.05, 0) is 41.3 Å². The van der Waals surface area contributed by atoms with Gasteiger partial charge in [-0.2, -0.15) is 5.10 Å². The lowest BCUT2D eigenvalue weighted by molar-refractivity contribution is 0.575. The molecular weight excluding hydrogens is 368 g/mol. The maximum atomic E-state index is 5.58. The number of hydrogen-bond donors (Lipinski definition) is 0. The van der Waals surface area contributed by atoms with Crippen LogP contribution in [0.15, 0.2) is 87.1 Å². The molecule has 0 radical (unpaired) electrons. The number of aromatic nitrogens is 2. The van der Waals surface area contributed by atoms with E-state index in [0.29, 0.717) is 5.92 Å². The first-order valence-corrected chi connectivity index (χ1v) is 9.92. The zero-order valence-electron chi connectivity index (χ0n) is 15.7. The number of nitrogens with zero attached hydrogens (tertiary/aromatic N) is 4. The van der Waals surface area contributed by atoms with Gasteiger partial charge in [0.05, 0.1) is 24.4 Å². The fourth-order valence-electron chi connectivity index (χ4n) is 2.71. The van der Waals surface area contributed by atoms with Gasteiger partial charge < -0.3 is 4.42 Å². The lowest BCUT2D eigenvalue weighted by Crippen LogP contribution is -2.11. The minimum absolute atomic E-state index is 0.507. The monoisotopic (exact) mass is 388 g/mol. The normalized spacial score (nSPS) is 12.3. The molecule has 140 valence electrons. The summed E-state index contributed by atoms with van der Waals surface area (Å²) in [5.74, 6) is 1.25. The van der Waals surface area contributed by atoms with Crippen molar-refractivity contribution in [3.8, 4) is 11.5 Å². The van der Waals surface area contributed by atoms with Crippen molar-refractivity contribution in [1.82, 2.24) is 9.66 Å². The van der Waals surface area contributed by atoms with Crippen LogP contribution >= 0.6 is 11.3 Å². The summed E-state index contributed by atoms with van der Waals surface area (Å²) in [7, 11) is 0. The second-order valence-electron chi connectivity index (χ2n) is 6.58. The molecule has 0 N–H and O–H groups in total. The first-order valence-electron chi connectivity index (χ1n) is 9.04. The summed E-state index contributed by atoms with van der Waals surface area (Å²) in [6, 6.07) is 16.0. The van der Waals surface area contributed by atoms with Gasteiger partial charge >= 0.3 is 0 Å².